The third-order valence-corrected chi connectivity index (χ3v) is 9.08. The van der Waals surface area contributed by atoms with E-state index in [0.29, 0.717) is 42.1 Å². The van der Waals surface area contributed by atoms with Crippen molar-refractivity contribution < 1.29 is 27.5 Å². The Morgan fingerprint density at radius 2 is 1.81 bits per heavy atom. The molecule has 2 heterocycles. The van der Waals surface area contributed by atoms with Gasteiger partial charge in [0.2, 0.25) is 5.91 Å². The standard InChI is InChI=1S/C35H35F3N6O3S/c1-22(2)29-15-4-23(3)18-30(29)44-31(45)20-48-34(44)40-33(46)42(19-25-5-6-25)17-16-24-7-9-26(10-8-24)32-39-21-43(41-32)27-11-13-28(14-12-27)47-35(36,37)38/h4,7-15,18,21-22,25H,5-6,16-17,19-20H2,1-3H3/b40-34+. The molecule has 0 N–H and O–H groups in total. The number of carbonyl (C=O) groups excluding carboxylic acids is 2. The number of benzene rings is 3. The molecule has 0 radical (unpaired) electrons. The van der Waals surface area contributed by atoms with Crippen molar-refractivity contribution in [2.45, 2.75) is 52.3 Å². The second-order valence-electron chi connectivity index (χ2n) is 12.3. The molecule has 1 aliphatic carbocycles. The number of alkyl halides is 3. The van der Waals surface area contributed by atoms with Crippen molar-refractivity contribution in [2.24, 2.45) is 10.9 Å². The average molecular weight is 677 g/mol. The molecule has 0 unspecified atom stereocenters. The van der Waals surface area contributed by atoms with Crippen molar-refractivity contribution in [1.29, 1.82) is 0 Å². The highest BCUT2D eigenvalue weighted by atomic mass is 32.2. The summed E-state index contributed by atoms with van der Waals surface area (Å²) < 4.78 is 42.8. The van der Waals surface area contributed by atoms with Crippen LogP contribution in [0.15, 0.2) is 78.0 Å². The Morgan fingerprint density at radius 1 is 1.08 bits per heavy atom. The fourth-order valence-corrected chi connectivity index (χ4v) is 6.31. The predicted octanol–water partition coefficient (Wildman–Crippen LogP) is 7.78. The van der Waals surface area contributed by atoms with E-state index in [4.69, 9.17) is 0 Å². The molecular formula is C35H35F3N6O3S. The van der Waals surface area contributed by atoms with Gasteiger partial charge in [-0.1, -0.05) is 62.0 Å². The number of rotatable bonds is 10. The Balaban J connectivity index is 1.12. The number of amides is 3. The molecular weight excluding hydrogens is 641 g/mol. The van der Waals surface area contributed by atoms with Gasteiger partial charge in [0.1, 0.15) is 12.1 Å². The monoisotopic (exact) mass is 676 g/mol. The van der Waals surface area contributed by atoms with Crippen LogP contribution < -0.4 is 9.64 Å². The number of amidine groups is 1. The summed E-state index contributed by atoms with van der Waals surface area (Å²) in [7, 11) is 0. The van der Waals surface area contributed by atoms with Gasteiger partial charge in [-0.2, -0.15) is 4.99 Å². The van der Waals surface area contributed by atoms with Crippen LogP contribution in [0.25, 0.3) is 17.1 Å². The Labute approximate surface area is 280 Å². The van der Waals surface area contributed by atoms with Gasteiger partial charge in [0.05, 0.1) is 17.1 Å². The zero-order valence-electron chi connectivity index (χ0n) is 26.8. The summed E-state index contributed by atoms with van der Waals surface area (Å²) in [4.78, 5) is 38.9. The summed E-state index contributed by atoms with van der Waals surface area (Å²) in [5.74, 6) is 0.959. The summed E-state index contributed by atoms with van der Waals surface area (Å²) in [5, 5.41) is 4.89. The third-order valence-electron chi connectivity index (χ3n) is 8.16. The first-order chi connectivity index (χ1) is 22.9. The Kier molecular flexibility index (Phi) is 9.58. The van der Waals surface area contributed by atoms with E-state index in [1.807, 2.05) is 49.4 Å². The maximum absolute atomic E-state index is 13.6. The van der Waals surface area contributed by atoms with E-state index in [1.165, 1.54) is 47.0 Å². The molecule has 4 aromatic rings. The van der Waals surface area contributed by atoms with Gasteiger partial charge in [0, 0.05) is 18.7 Å². The quantitative estimate of drug-likeness (QED) is 0.170. The highest BCUT2D eigenvalue weighted by Crippen LogP contribution is 2.35. The molecule has 13 heteroatoms. The van der Waals surface area contributed by atoms with Crippen LogP contribution in [0.3, 0.4) is 0 Å². The van der Waals surface area contributed by atoms with Gasteiger partial charge < -0.3 is 9.64 Å². The first-order valence-corrected chi connectivity index (χ1v) is 16.7. The van der Waals surface area contributed by atoms with Gasteiger partial charge in [-0.15, -0.1) is 18.3 Å². The second kappa shape index (κ2) is 13.8. The van der Waals surface area contributed by atoms with Crippen LogP contribution in [0.5, 0.6) is 5.75 Å². The molecule has 250 valence electrons. The van der Waals surface area contributed by atoms with Crippen molar-refractivity contribution >= 4 is 34.6 Å². The molecule has 0 spiro atoms. The molecule has 0 bridgehead atoms. The number of anilines is 1. The Bertz CT molecular complexity index is 1820. The maximum Gasteiger partial charge on any atom is 0.573 e. The van der Waals surface area contributed by atoms with Crippen molar-refractivity contribution in [3.05, 3.63) is 89.7 Å². The number of urea groups is 1. The van der Waals surface area contributed by atoms with Gasteiger partial charge in [0.25, 0.3) is 0 Å². The molecule has 6 rings (SSSR count). The molecule has 1 aliphatic heterocycles. The summed E-state index contributed by atoms with van der Waals surface area (Å²) in [5.41, 5.74) is 5.17. The van der Waals surface area contributed by atoms with Gasteiger partial charge in [-0.3, -0.25) is 9.69 Å². The van der Waals surface area contributed by atoms with Crippen LogP contribution in [0.1, 0.15) is 49.3 Å². The molecule has 48 heavy (non-hydrogen) atoms. The number of aromatic nitrogens is 3. The number of aryl methyl sites for hydroxylation is 1. The number of carbonyl (C=O) groups is 2. The number of aliphatic imine (C=N–C) groups is 1. The minimum absolute atomic E-state index is 0.0827. The Hall–Kier alpha value is -4.65. The van der Waals surface area contributed by atoms with E-state index in [-0.39, 0.29) is 29.4 Å². The number of thioether (sulfide) groups is 1. The van der Waals surface area contributed by atoms with E-state index in [2.05, 4.69) is 33.7 Å². The summed E-state index contributed by atoms with van der Waals surface area (Å²) in [6, 6.07) is 18.8. The fourth-order valence-electron chi connectivity index (χ4n) is 5.45. The lowest BCUT2D eigenvalue weighted by molar-refractivity contribution is -0.274. The predicted molar refractivity (Wildman–Crippen MR) is 180 cm³/mol. The molecule has 3 amide bonds. The number of halogens is 3. The number of ether oxygens (including phenoxy) is 1. The zero-order valence-corrected chi connectivity index (χ0v) is 27.6. The lowest BCUT2D eigenvalue weighted by Crippen LogP contribution is -2.36. The molecule has 1 saturated carbocycles. The molecule has 2 aliphatic rings. The lowest BCUT2D eigenvalue weighted by Gasteiger charge is -2.24. The molecule has 3 aromatic carbocycles. The summed E-state index contributed by atoms with van der Waals surface area (Å²) in [6.45, 7) is 7.25. The minimum atomic E-state index is -4.76. The first-order valence-electron chi connectivity index (χ1n) is 15.7. The fraction of sp³-hybridized carbons (Fsp3) is 0.343. The smallest absolute Gasteiger partial charge is 0.406 e. The van der Waals surface area contributed by atoms with Crippen molar-refractivity contribution in [2.75, 3.05) is 23.7 Å². The largest absolute Gasteiger partial charge is 0.573 e. The van der Waals surface area contributed by atoms with E-state index in [1.54, 1.807) is 9.80 Å². The van der Waals surface area contributed by atoms with E-state index in [0.717, 1.165) is 40.8 Å². The molecule has 9 nitrogen and oxygen atoms in total. The van der Waals surface area contributed by atoms with Gasteiger partial charge in [-0.05, 0) is 85.0 Å². The van der Waals surface area contributed by atoms with Crippen LogP contribution in [-0.4, -0.2) is 62.0 Å². The molecule has 0 atom stereocenters. The van der Waals surface area contributed by atoms with Crippen LogP contribution in [-0.2, 0) is 11.2 Å². The van der Waals surface area contributed by atoms with Crippen molar-refractivity contribution in [3.63, 3.8) is 0 Å². The van der Waals surface area contributed by atoms with Crippen molar-refractivity contribution in [3.8, 4) is 22.8 Å². The second-order valence-corrected chi connectivity index (χ2v) is 13.2. The van der Waals surface area contributed by atoms with E-state index < -0.39 is 6.36 Å². The number of nitrogens with zero attached hydrogens (tertiary/aromatic N) is 6. The summed E-state index contributed by atoms with van der Waals surface area (Å²) >= 11 is 1.30. The molecule has 2 fully saturated rings. The highest BCUT2D eigenvalue weighted by molar-refractivity contribution is 8.15. The lowest BCUT2D eigenvalue weighted by atomic mass is 9.99. The van der Waals surface area contributed by atoms with Crippen LogP contribution in [0, 0.1) is 12.8 Å². The van der Waals surface area contributed by atoms with Crippen LogP contribution in [0.2, 0.25) is 0 Å². The molecule has 1 aromatic heterocycles. The van der Waals surface area contributed by atoms with Crippen LogP contribution in [0.4, 0.5) is 23.7 Å². The minimum Gasteiger partial charge on any atom is -0.406 e. The van der Waals surface area contributed by atoms with Gasteiger partial charge in [0.15, 0.2) is 11.0 Å². The number of hydrogen-bond donors (Lipinski definition) is 0. The zero-order chi connectivity index (χ0) is 34.0. The third kappa shape index (κ3) is 8.07. The number of hydrogen-bond acceptors (Lipinski definition) is 6. The van der Waals surface area contributed by atoms with E-state index >= 15 is 0 Å². The molecule has 1 saturated heterocycles. The van der Waals surface area contributed by atoms with Crippen LogP contribution >= 0.6 is 11.8 Å². The van der Waals surface area contributed by atoms with E-state index in [9.17, 15) is 22.8 Å². The summed E-state index contributed by atoms with van der Waals surface area (Å²) in [6.07, 6.45) is -0.485. The Morgan fingerprint density at radius 3 is 2.48 bits per heavy atom. The normalized spacial score (nSPS) is 15.9. The van der Waals surface area contributed by atoms with Gasteiger partial charge >= 0.3 is 12.4 Å². The highest BCUT2D eigenvalue weighted by Gasteiger charge is 2.34. The van der Waals surface area contributed by atoms with Crippen molar-refractivity contribution in [1.82, 2.24) is 19.7 Å². The topological polar surface area (TPSA) is 92.9 Å². The maximum atomic E-state index is 13.6. The van der Waals surface area contributed by atoms with Gasteiger partial charge in [-0.25, -0.2) is 14.5 Å². The first kappa shape index (κ1) is 33.3. The SMILES string of the molecule is Cc1ccc(C(C)C)c(N2C(=O)CS/C2=N/C(=O)N(CCc2ccc(-c3ncn(-c4ccc(OC(F)(F)F)cc4)n3)cc2)CC2CC2)c1. The average Bonchev–Trinajstić information content (AvgIpc) is 3.60.